The largest absolute Gasteiger partial charge is 0.376 e. The molecule has 0 radical (unpaired) electrons. The molecule has 0 aromatic heterocycles. The van der Waals surface area contributed by atoms with Crippen LogP contribution in [0.15, 0.2) is 29.2 Å². The summed E-state index contributed by atoms with van der Waals surface area (Å²) in [4.78, 5) is 2.41. The molecule has 1 N–H and O–H groups in total. The number of nitrogens with one attached hydrogen (secondary N) is 1. The minimum Gasteiger partial charge on any atom is -0.376 e. The maximum absolute atomic E-state index is 12.9. The molecule has 2 aliphatic rings. The quantitative estimate of drug-likeness (QED) is 0.706. The Balaban J connectivity index is 1.52. The second-order valence-corrected chi connectivity index (χ2v) is 10.3. The molecule has 1 aromatic carbocycles. The predicted molar refractivity (Wildman–Crippen MR) is 115 cm³/mol. The molecule has 3 rings (SSSR count). The summed E-state index contributed by atoms with van der Waals surface area (Å²) in [6.07, 6.45) is 3.36. The summed E-state index contributed by atoms with van der Waals surface area (Å²) in [5.41, 5.74) is 1.17. The van der Waals surface area contributed by atoms with Crippen molar-refractivity contribution in [1.29, 1.82) is 0 Å². The number of hydrogen-bond acceptors (Lipinski definition) is 4. The van der Waals surface area contributed by atoms with Crippen molar-refractivity contribution in [2.75, 3.05) is 39.3 Å². The van der Waals surface area contributed by atoms with E-state index in [1.165, 1.54) is 5.56 Å². The van der Waals surface area contributed by atoms with Crippen molar-refractivity contribution in [1.82, 2.24) is 14.5 Å². The van der Waals surface area contributed by atoms with Gasteiger partial charge in [0, 0.05) is 39.3 Å². The normalized spacial score (nSPS) is 21.2. The first-order valence-corrected chi connectivity index (χ1v) is 11.9. The molecule has 156 valence electrons. The van der Waals surface area contributed by atoms with Gasteiger partial charge in [-0.25, -0.2) is 8.42 Å². The topological polar surface area (TPSA) is 61.9 Å². The number of hydrogen-bond donors (Lipinski definition) is 1. The molecule has 0 bridgehead atoms. The van der Waals surface area contributed by atoms with Crippen molar-refractivity contribution in [2.24, 2.45) is 5.92 Å². The molecule has 1 atom stereocenters. The fourth-order valence-electron chi connectivity index (χ4n) is 3.67. The standard InChI is InChI=1S/C20H31N3O3S2/c1-16(2)14-17-5-7-19(8-6-17)28(24,25)23-11-9-22(10-12-23)20(27)21-15-18-4-3-13-26-18/h5-8,16,18H,3-4,9-15H2,1-2H3,(H,21,27). The van der Waals surface area contributed by atoms with Crippen LogP contribution < -0.4 is 5.32 Å². The maximum atomic E-state index is 12.9. The predicted octanol–water partition coefficient (Wildman–Crippen LogP) is 2.24. The average molecular weight is 426 g/mol. The van der Waals surface area contributed by atoms with Gasteiger partial charge in [-0.1, -0.05) is 26.0 Å². The number of thiocarbonyl (C=S) groups is 1. The van der Waals surface area contributed by atoms with E-state index in [-0.39, 0.29) is 6.10 Å². The van der Waals surface area contributed by atoms with Gasteiger partial charge in [0.25, 0.3) is 0 Å². The van der Waals surface area contributed by atoms with Crippen LogP contribution in [-0.2, 0) is 21.2 Å². The Kier molecular flexibility index (Phi) is 7.31. The highest BCUT2D eigenvalue weighted by Gasteiger charge is 2.29. The van der Waals surface area contributed by atoms with E-state index in [1.54, 1.807) is 16.4 Å². The lowest BCUT2D eigenvalue weighted by molar-refractivity contribution is 0.113. The van der Waals surface area contributed by atoms with Crippen molar-refractivity contribution < 1.29 is 13.2 Å². The van der Waals surface area contributed by atoms with Crippen molar-refractivity contribution in [3.63, 3.8) is 0 Å². The minimum absolute atomic E-state index is 0.235. The van der Waals surface area contributed by atoms with Gasteiger partial charge in [0.15, 0.2) is 5.11 Å². The van der Waals surface area contributed by atoms with Crippen molar-refractivity contribution in [3.05, 3.63) is 29.8 Å². The van der Waals surface area contributed by atoms with Crippen LogP contribution in [0.5, 0.6) is 0 Å². The summed E-state index contributed by atoms with van der Waals surface area (Å²) in [6.45, 7) is 7.95. The monoisotopic (exact) mass is 425 g/mol. The van der Waals surface area contributed by atoms with Gasteiger partial charge in [0.1, 0.15) is 0 Å². The van der Waals surface area contributed by atoms with Crippen molar-refractivity contribution in [3.8, 4) is 0 Å². The summed E-state index contributed by atoms with van der Waals surface area (Å²) in [6, 6.07) is 7.31. The van der Waals surface area contributed by atoms with Gasteiger partial charge in [-0.05, 0) is 55.1 Å². The van der Waals surface area contributed by atoms with E-state index in [4.69, 9.17) is 17.0 Å². The Morgan fingerprint density at radius 2 is 1.89 bits per heavy atom. The van der Waals surface area contributed by atoms with Crippen LogP contribution >= 0.6 is 12.2 Å². The summed E-state index contributed by atoms with van der Waals surface area (Å²) in [5.74, 6) is 0.549. The van der Waals surface area contributed by atoms with E-state index in [9.17, 15) is 8.42 Å². The molecule has 2 saturated heterocycles. The Labute approximate surface area is 174 Å². The fourth-order valence-corrected chi connectivity index (χ4v) is 5.36. The average Bonchev–Trinajstić information content (AvgIpc) is 3.20. The minimum atomic E-state index is -3.46. The van der Waals surface area contributed by atoms with Gasteiger partial charge in [-0.3, -0.25) is 0 Å². The highest BCUT2D eigenvalue weighted by Crippen LogP contribution is 2.19. The van der Waals surface area contributed by atoms with Crippen LogP contribution in [-0.4, -0.2) is 68.2 Å². The summed E-state index contributed by atoms with van der Waals surface area (Å²) in [7, 11) is -3.46. The van der Waals surface area contributed by atoms with Gasteiger partial charge >= 0.3 is 0 Å². The molecule has 0 aliphatic carbocycles. The second-order valence-electron chi connectivity index (χ2n) is 7.95. The molecular weight excluding hydrogens is 394 g/mol. The molecule has 8 heteroatoms. The lowest BCUT2D eigenvalue weighted by Crippen LogP contribution is -2.53. The number of nitrogens with zero attached hydrogens (tertiary/aromatic N) is 2. The van der Waals surface area contributed by atoms with E-state index < -0.39 is 10.0 Å². The zero-order valence-corrected chi connectivity index (χ0v) is 18.4. The fraction of sp³-hybridized carbons (Fsp3) is 0.650. The van der Waals surface area contributed by atoms with E-state index in [0.29, 0.717) is 42.1 Å². The lowest BCUT2D eigenvalue weighted by atomic mass is 10.0. The molecule has 0 spiro atoms. The zero-order valence-electron chi connectivity index (χ0n) is 16.8. The van der Waals surface area contributed by atoms with Gasteiger partial charge in [-0.2, -0.15) is 4.31 Å². The Morgan fingerprint density at radius 1 is 1.21 bits per heavy atom. The van der Waals surface area contributed by atoms with E-state index >= 15 is 0 Å². The van der Waals surface area contributed by atoms with Crippen LogP contribution in [0.1, 0.15) is 32.3 Å². The SMILES string of the molecule is CC(C)Cc1ccc(S(=O)(=O)N2CCN(C(=S)NCC3CCCO3)CC2)cc1. The molecule has 1 unspecified atom stereocenters. The highest BCUT2D eigenvalue weighted by atomic mass is 32.2. The highest BCUT2D eigenvalue weighted by molar-refractivity contribution is 7.89. The van der Waals surface area contributed by atoms with Crippen LogP contribution in [0.25, 0.3) is 0 Å². The molecule has 0 saturated carbocycles. The van der Waals surface area contributed by atoms with Crippen LogP contribution in [0.4, 0.5) is 0 Å². The first-order chi connectivity index (χ1) is 13.4. The van der Waals surface area contributed by atoms with Crippen LogP contribution in [0.2, 0.25) is 0 Å². The van der Waals surface area contributed by atoms with E-state index in [2.05, 4.69) is 19.2 Å². The lowest BCUT2D eigenvalue weighted by Gasteiger charge is -2.35. The number of ether oxygens (including phenoxy) is 1. The number of benzene rings is 1. The maximum Gasteiger partial charge on any atom is 0.243 e. The van der Waals surface area contributed by atoms with Crippen LogP contribution in [0.3, 0.4) is 0 Å². The Hall–Kier alpha value is -1.22. The number of rotatable bonds is 6. The van der Waals surface area contributed by atoms with Crippen molar-refractivity contribution >= 4 is 27.4 Å². The first-order valence-electron chi connectivity index (χ1n) is 10.1. The van der Waals surface area contributed by atoms with E-state index in [0.717, 1.165) is 32.4 Å². The molecule has 0 amide bonds. The van der Waals surface area contributed by atoms with Gasteiger partial charge in [-0.15, -0.1) is 0 Å². The summed E-state index contributed by atoms with van der Waals surface area (Å²) < 4.78 is 33.0. The third-order valence-corrected chi connectivity index (χ3v) is 7.55. The third kappa shape index (κ3) is 5.43. The zero-order chi connectivity index (χ0) is 20.1. The van der Waals surface area contributed by atoms with Crippen LogP contribution in [0, 0.1) is 5.92 Å². The molecule has 28 heavy (non-hydrogen) atoms. The van der Waals surface area contributed by atoms with Gasteiger partial charge in [0.2, 0.25) is 10.0 Å². The number of sulfonamides is 1. The summed E-state index contributed by atoms with van der Waals surface area (Å²) >= 11 is 5.47. The molecule has 2 fully saturated rings. The smallest absolute Gasteiger partial charge is 0.243 e. The molecule has 6 nitrogen and oxygen atoms in total. The Morgan fingerprint density at radius 3 is 2.46 bits per heavy atom. The molecule has 2 aliphatic heterocycles. The first kappa shape index (κ1) is 21.5. The molecule has 2 heterocycles. The summed E-state index contributed by atoms with van der Waals surface area (Å²) in [5, 5.41) is 3.95. The molecular formula is C20H31N3O3S2. The van der Waals surface area contributed by atoms with Gasteiger partial charge in [0.05, 0.1) is 11.0 Å². The third-order valence-electron chi connectivity index (χ3n) is 5.24. The van der Waals surface area contributed by atoms with E-state index in [1.807, 2.05) is 17.0 Å². The second kappa shape index (κ2) is 9.52. The van der Waals surface area contributed by atoms with Crippen molar-refractivity contribution in [2.45, 2.75) is 44.1 Å². The Bertz CT molecular complexity index is 751. The molecule has 1 aromatic rings. The number of piperazine rings is 1. The van der Waals surface area contributed by atoms with Gasteiger partial charge < -0.3 is 15.0 Å².